The first-order chi connectivity index (χ1) is 14.2. The van der Waals surface area contributed by atoms with Gasteiger partial charge in [-0.05, 0) is 48.4 Å². The van der Waals surface area contributed by atoms with Crippen LogP contribution in [-0.2, 0) is 16.4 Å². The standard InChI is InChI=1S/C21H19BrN4O3S/c1-13(2)12-26-19(23)17(30(28,29)15-8-6-14(22)7-9-15)11-16-20(26)24-18-5-3-4-10-25(18)21(16)27/h3-11,13,23H,12H2,1-2H3/p+1. The molecule has 0 amide bonds. The van der Waals surface area contributed by atoms with Gasteiger partial charge in [-0.3, -0.25) is 9.20 Å². The molecule has 0 fully saturated rings. The number of sulfone groups is 1. The van der Waals surface area contributed by atoms with E-state index in [1.807, 2.05) is 13.8 Å². The zero-order chi connectivity index (χ0) is 21.6. The lowest BCUT2D eigenvalue weighted by Gasteiger charge is -2.14. The predicted octanol–water partition coefficient (Wildman–Crippen LogP) is 2.97. The van der Waals surface area contributed by atoms with Crippen LogP contribution in [0, 0.1) is 5.92 Å². The number of pyridine rings is 2. The first-order valence-corrected chi connectivity index (χ1v) is 11.6. The molecule has 4 aromatic rings. The molecule has 0 saturated carbocycles. The molecule has 0 spiro atoms. The molecule has 154 valence electrons. The summed E-state index contributed by atoms with van der Waals surface area (Å²) in [6.07, 6.45) is 1.61. The van der Waals surface area contributed by atoms with Gasteiger partial charge in [0.05, 0.1) is 11.4 Å². The zero-order valence-electron chi connectivity index (χ0n) is 16.4. The Bertz CT molecular complexity index is 1450. The first-order valence-electron chi connectivity index (χ1n) is 9.34. The minimum absolute atomic E-state index is 0.0614. The number of hydrogen-bond donors (Lipinski definition) is 1. The highest BCUT2D eigenvalue weighted by Gasteiger charge is 2.29. The Morgan fingerprint density at radius 1 is 1.17 bits per heavy atom. The number of nitrogens with two attached hydrogens (primary N) is 1. The second-order valence-corrected chi connectivity index (χ2v) is 10.3. The Morgan fingerprint density at radius 3 is 2.53 bits per heavy atom. The van der Waals surface area contributed by atoms with E-state index in [2.05, 4.69) is 20.9 Å². The van der Waals surface area contributed by atoms with Crippen LogP contribution in [0.4, 0.5) is 5.82 Å². The van der Waals surface area contributed by atoms with Crippen LogP contribution >= 0.6 is 15.9 Å². The van der Waals surface area contributed by atoms with Crippen LogP contribution in [0.2, 0.25) is 0 Å². The number of anilines is 1. The van der Waals surface area contributed by atoms with Crippen LogP contribution in [0.1, 0.15) is 13.8 Å². The maximum atomic E-state index is 13.4. The second kappa shape index (κ2) is 7.48. The Labute approximate surface area is 181 Å². The van der Waals surface area contributed by atoms with Gasteiger partial charge in [-0.25, -0.2) is 13.0 Å². The molecule has 0 aliphatic rings. The van der Waals surface area contributed by atoms with E-state index in [0.29, 0.717) is 17.8 Å². The molecule has 2 N–H and O–H groups in total. The van der Waals surface area contributed by atoms with Crippen molar-refractivity contribution < 1.29 is 13.0 Å². The summed E-state index contributed by atoms with van der Waals surface area (Å²) in [5, 5.41) is 0.198. The van der Waals surface area contributed by atoms with Crippen LogP contribution < -0.4 is 15.9 Å². The van der Waals surface area contributed by atoms with Crippen LogP contribution in [0.3, 0.4) is 0 Å². The number of rotatable bonds is 4. The highest BCUT2D eigenvalue weighted by Crippen LogP contribution is 2.27. The third kappa shape index (κ3) is 3.37. The van der Waals surface area contributed by atoms with Crippen molar-refractivity contribution in [3.8, 4) is 0 Å². The number of nitrogen functional groups attached to an aromatic ring is 1. The van der Waals surface area contributed by atoms with Crippen molar-refractivity contribution in [3.63, 3.8) is 0 Å². The zero-order valence-corrected chi connectivity index (χ0v) is 18.8. The monoisotopic (exact) mass is 487 g/mol. The van der Waals surface area contributed by atoms with Gasteiger partial charge < -0.3 is 5.73 Å². The van der Waals surface area contributed by atoms with E-state index in [4.69, 9.17) is 5.73 Å². The summed E-state index contributed by atoms with van der Waals surface area (Å²) < 4.78 is 30.6. The largest absolute Gasteiger partial charge is 0.317 e. The molecule has 7 nitrogen and oxygen atoms in total. The molecule has 0 atom stereocenters. The van der Waals surface area contributed by atoms with Gasteiger partial charge in [0.1, 0.15) is 10.3 Å². The maximum absolute atomic E-state index is 13.4. The fourth-order valence-electron chi connectivity index (χ4n) is 3.38. The molecular weight excluding hydrogens is 468 g/mol. The number of fused-ring (bicyclic) bond motifs is 2. The van der Waals surface area contributed by atoms with Crippen LogP contribution in [0.25, 0.3) is 16.7 Å². The van der Waals surface area contributed by atoms with Crippen molar-refractivity contribution in [2.24, 2.45) is 5.92 Å². The number of hydrogen-bond acceptors (Lipinski definition) is 5. The molecule has 0 aliphatic heterocycles. The Hall–Kier alpha value is -2.78. The minimum Gasteiger partial charge on any atom is -0.317 e. The first kappa shape index (κ1) is 20.5. The van der Waals surface area contributed by atoms with Crippen molar-refractivity contribution >= 4 is 48.3 Å². The summed E-state index contributed by atoms with van der Waals surface area (Å²) in [4.78, 5) is 17.8. The van der Waals surface area contributed by atoms with Gasteiger partial charge in [-0.2, -0.15) is 0 Å². The molecule has 0 unspecified atom stereocenters. The summed E-state index contributed by atoms with van der Waals surface area (Å²) in [5.74, 6) is 0.216. The Morgan fingerprint density at radius 2 is 1.87 bits per heavy atom. The van der Waals surface area contributed by atoms with Crippen molar-refractivity contribution in [3.05, 3.63) is 69.6 Å². The molecule has 3 aromatic heterocycles. The SMILES string of the molecule is CC(C)C[n+]1c(N)c(S(=O)(=O)c2ccc(Br)cc2)cc2c(=O)n3ccccc3nc21. The summed E-state index contributed by atoms with van der Waals surface area (Å²) >= 11 is 3.31. The number of aromatic nitrogens is 3. The third-order valence-corrected chi connectivity index (χ3v) is 7.11. The van der Waals surface area contributed by atoms with E-state index in [0.717, 1.165) is 4.47 Å². The van der Waals surface area contributed by atoms with E-state index >= 15 is 0 Å². The molecule has 0 radical (unpaired) electrons. The Balaban J connectivity index is 2.12. The van der Waals surface area contributed by atoms with Gasteiger partial charge in [-0.1, -0.05) is 40.8 Å². The van der Waals surface area contributed by atoms with E-state index in [9.17, 15) is 13.2 Å². The number of benzene rings is 1. The topological polar surface area (TPSA) is 98.4 Å². The summed E-state index contributed by atoms with van der Waals surface area (Å²) in [6.45, 7) is 4.39. The van der Waals surface area contributed by atoms with Crippen LogP contribution in [-0.4, -0.2) is 17.8 Å². The fourth-order valence-corrected chi connectivity index (χ4v) is 5.05. The van der Waals surface area contributed by atoms with Gasteiger partial charge in [0, 0.05) is 10.7 Å². The molecular formula is C21H20BrN4O3S+. The summed E-state index contributed by atoms with van der Waals surface area (Å²) in [5.41, 5.74) is 6.86. The van der Waals surface area contributed by atoms with Crippen LogP contribution in [0.5, 0.6) is 0 Å². The van der Waals surface area contributed by atoms with Crippen molar-refractivity contribution in [1.82, 2.24) is 9.38 Å². The van der Waals surface area contributed by atoms with Gasteiger partial charge in [0.2, 0.25) is 21.3 Å². The van der Waals surface area contributed by atoms with Gasteiger partial charge in [-0.15, -0.1) is 0 Å². The van der Waals surface area contributed by atoms with Gasteiger partial charge in [0.25, 0.3) is 11.2 Å². The van der Waals surface area contributed by atoms with Gasteiger partial charge >= 0.3 is 0 Å². The summed E-state index contributed by atoms with van der Waals surface area (Å²) in [7, 11) is -3.95. The lowest BCUT2D eigenvalue weighted by atomic mass is 10.2. The quantitative estimate of drug-likeness (QED) is 0.352. The molecule has 3 heterocycles. The molecule has 0 bridgehead atoms. The summed E-state index contributed by atoms with van der Waals surface area (Å²) in [6, 6.07) is 12.9. The lowest BCUT2D eigenvalue weighted by Crippen LogP contribution is -2.43. The van der Waals surface area contributed by atoms with Gasteiger partial charge in [0.15, 0.2) is 0 Å². The van der Waals surface area contributed by atoms with E-state index in [1.54, 1.807) is 41.1 Å². The highest BCUT2D eigenvalue weighted by molar-refractivity contribution is 9.10. The van der Waals surface area contributed by atoms with Crippen molar-refractivity contribution in [1.29, 1.82) is 0 Å². The molecule has 9 heteroatoms. The average Bonchev–Trinajstić information content (AvgIpc) is 2.70. The predicted molar refractivity (Wildman–Crippen MR) is 118 cm³/mol. The maximum Gasteiger partial charge on any atom is 0.278 e. The Kier molecular flexibility index (Phi) is 5.11. The van der Waals surface area contributed by atoms with E-state index < -0.39 is 9.84 Å². The minimum atomic E-state index is -3.95. The number of halogens is 1. The molecule has 4 rings (SSSR count). The molecule has 1 aromatic carbocycles. The molecule has 30 heavy (non-hydrogen) atoms. The molecule has 0 aliphatic carbocycles. The second-order valence-electron chi connectivity index (χ2n) is 7.44. The average molecular weight is 488 g/mol. The van der Waals surface area contributed by atoms with E-state index in [1.165, 1.54) is 22.6 Å². The van der Waals surface area contributed by atoms with Crippen molar-refractivity contribution in [2.75, 3.05) is 5.73 Å². The van der Waals surface area contributed by atoms with Crippen molar-refractivity contribution in [2.45, 2.75) is 30.2 Å². The van der Waals surface area contributed by atoms with Crippen LogP contribution in [0.15, 0.2) is 73.8 Å². The van der Waals surface area contributed by atoms with E-state index in [-0.39, 0.29) is 32.5 Å². The highest BCUT2D eigenvalue weighted by atomic mass is 79.9. The normalized spacial score (nSPS) is 12.1. The lowest BCUT2D eigenvalue weighted by molar-refractivity contribution is -0.666. The third-order valence-electron chi connectivity index (χ3n) is 4.78. The smallest absolute Gasteiger partial charge is 0.278 e. The number of nitrogens with zero attached hydrogens (tertiary/aromatic N) is 3. The fraction of sp³-hybridized carbons (Fsp3) is 0.190. The molecule has 0 saturated heterocycles.